The van der Waals surface area contributed by atoms with E-state index in [1.807, 2.05) is 6.92 Å². The van der Waals surface area contributed by atoms with Gasteiger partial charge in [-0.2, -0.15) is 25.3 Å². The summed E-state index contributed by atoms with van der Waals surface area (Å²) in [6, 6.07) is 0. The van der Waals surface area contributed by atoms with Crippen LogP contribution in [0.4, 0.5) is 0 Å². The predicted molar refractivity (Wildman–Crippen MR) is 58.8 cm³/mol. The molecular weight excluding hydrogens is 190 g/mol. The van der Waals surface area contributed by atoms with Crippen LogP contribution < -0.4 is 5.73 Å². The van der Waals surface area contributed by atoms with E-state index in [4.69, 9.17) is 5.73 Å². The van der Waals surface area contributed by atoms with Crippen molar-refractivity contribution in [2.24, 2.45) is 11.7 Å². The molecule has 0 aliphatic heterocycles. The summed E-state index contributed by atoms with van der Waals surface area (Å²) in [5, 5.41) is 0.0246. The van der Waals surface area contributed by atoms with E-state index in [1.165, 1.54) is 0 Å². The van der Waals surface area contributed by atoms with Gasteiger partial charge in [-0.25, -0.2) is 0 Å². The maximum Gasteiger partial charge on any atom is 0.222 e. The summed E-state index contributed by atoms with van der Waals surface area (Å²) in [6.45, 7) is 3.93. The van der Waals surface area contributed by atoms with Crippen LogP contribution in [0.1, 0.15) is 26.7 Å². The molecule has 2 N–H and O–H groups in total. The zero-order valence-corrected chi connectivity index (χ0v) is 9.32. The molecule has 72 valence electrons. The first-order valence-corrected chi connectivity index (χ1v) is 5.19. The third-order valence-corrected chi connectivity index (χ3v) is 2.75. The van der Waals surface area contributed by atoms with Crippen LogP contribution in [0.2, 0.25) is 0 Å². The Morgan fingerprint density at radius 3 is 2.25 bits per heavy atom. The molecule has 0 radical (unpaired) electrons. The molecule has 0 aromatic rings. The van der Waals surface area contributed by atoms with E-state index in [9.17, 15) is 4.79 Å². The van der Waals surface area contributed by atoms with Crippen LogP contribution >= 0.6 is 25.3 Å². The van der Waals surface area contributed by atoms with Crippen molar-refractivity contribution in [3.05, 3.63) is 0 Å². The average molecular weight is 207 g/mol. The number of thiol groups is 2. The molecule has 0 aromatic heterocycles. The maximum absolute atomic E-state index is 11.0. The van der Waals surface area contributed by atoms with Crippen LogP contribution in [0.25, 0.3) is 0 Å². The number of primary amides is 1. The van der Waals surface area contributed by atoms with Gasteiger partial charge in [0, 0.05) is 10.5 Å². The van der Waals surface area contributed by atoms with E-state index in [0.717, 1.165) is 12.8 Å². The summed E-state index contributed by atoms with van der Waals surface area (Å²) in [7, 11) is 0. The summed E-state index contributed by atoms with van der Waals surface area (Å²) < 4.78 is 0. The molecule has 12 heavy (non-hydrogen) atoms. The number of hydrogen-bond acceptors (Lipinski definition) is 3. The molecule has 3 unspecified atom stereocenters. The first-order valence-electron chi connectivity index (χ1n) is 4.16. The first-order chi connectivity index (χ1) is 5.50. The van der Waals surface area contributed by atoms with Crippen LogP contribution in [0.5, 0.6) is 0 Å². The van der Waals surface area contributed by atoms with Gasteiger partial charge >= 0.3 is 0 Å². The fraction of sp³-hybridized carbons (Fsp3) is 0.875. The topological polar surface area (TPSA) is 43.1 Å². The second kappa shape index (κ2) is 5.75. The van der Waals surface area contributed by atoms with E-state index in [2.05, 4.69) is 32.2 Å². The molecule has 0 fully saturated rings. The van der Waals surface area contributed by atoms with Crippen molar-refractivity contribution < 1.29 is 4.79 Å². The van der Waals surface area contributed by atoms with Crippen LogP contribution in [-0.4, -0.2) is 16.4 Å². The van der Waals surface area contributed by atoms with Crippen molar-refractivity contribution >= 4 is 31.2 Å². The third kappa shape index (κ3) is 3.72. The molecule has 1 amide bonds. The van der Waals surface area contributed by atoms with Crippen molar-refractivity contribution in [2.45, 2.75) is 37.2 Å². The van der Waals surface area contributed by atoms with E-state index in [0.29, 0.717) is 0 Å². The summed E-state index contributed by atoms with van der Waals surface area (Å²) >= 11 is 8.55. The monoisotopic (exact) mass is 207 g/mol. The second-order valence-corrected chi connectivity index (χ2v) is 4.50. The molecule has 0 spiro atoms. The molecule has 0 aromatic carbocycles. The second-order valence-electron chi connectivity index (χ2n) is 3.02. The van der Waals surface area contributed by atoms with Gasteiger partial charge in [-0.3, -0.25) is 4.79 Å². The zero-order chi connectivity index (χ0) is 9.72. The van der Waals surface area contributed by atoms with Crippen molar-refractivity contribution in [3.63, 3.8) is 0 Å². The summed E-state index contributed by atoms with van der Waals surface area (Å²) in [5.41, 5.74) is 5.23. The van der Waals surface area contributed by atoms with E-state index in [1.54, 1.807) is 0 Å². The zero-order valence-electron chi connectivity index (χ0n) is 7.53. The Bertz CT molecular complexity index is 150. The molecule has 3 atom stereocenters. The highest BCUT2D eigenvalue weighted by Gasteiger charge is 2.26. The molecule has 0 aliphatic rings. The van der Waals surface area contributed by atoms with Gasteiger partial charge in [-0.1, -0.05) is 20.3 Å². The largest absolute Gasteiger partial charge is 0.369 e. The van der Waals surface area contributed by atoms with Crippen molar-refractivity contribution in [3.8, 4) is 0 Å². The molecule has 0 saturated carbocycles. The van der Waals surface area contributed by atoms with Gasteiger partial charge in [-0.05, 0) is 6.42 Å². The average Bonchev–Trinajstić information content (AvgIpc) is 1.85. The van der Waals surface area contributed by atoms with Gasteiger partial charge in [0.2, 0.25) is 5.91 Å². The lowest BCUT2D eigenvalue weighted by atomic mass is 9.97. The summed E-state index contributed by atoms with van der Waals surface area (Å²) in [4.78, 5) is 11.0. The van der Waals surface area contributed by atoms with Gasteiger partial charge in [0.25, 0.3) is 0 Å². The molecule has 0 heterocycles. The van der Waals surface area contributed by atoms with E-state index in [-0.39, 0.29) is 22.3 Å². The minimum absolute atomic E-state index is 0.0171. The van der Waals surface area contributed by atoms with Crippen LogP contribution in [0, 0.1) is 5.92 Å². The SMILES string of the molecule is CCCC(S)C(C(N)=O)C(C)S. The number of hydrogen-bond donors (Lipinski definition) is 3. The van der Waals surface area contributed by atoms with Gasteiger partial charge in [0.1, 0.15) is 0 Å². The molecular formula is C8H17NOS2. The Labute approximate surface area is 85.1 Å². The highest BCUT2D eigenvalue weighted by atomic mass is 32.1. The Hall–Kier alpha value is 0.170. The quantitative estimate of drug-likeness (QED) is 0.588. The van der Waals surface area contributed by atoms with Gasteiger partial charge in [0.05, 0.1) is 5.92 Å². The highest BCUT2D eigenvalue weighted by molar-refractivity contribution is 7.82. The van der Waals surface area contributed by atoms with Crippen molar-refractivity contribution in [1.82, 2.24) is 0 Å². The molecule has 0 bridgehead atoms. The molecule has 2 nitrogen and oxygen atoms in total. The van der Waals surface area contributed by atoms with E-state index >= 15 is 0 Å². The Morgan fingerprint density at radius 2 is 2.00 bits per heavy atom. The number of rotatable bonds is 5. The highest BCUT2D eigenvalue weighted by Crippen LogP contribution is 2.22. The molecule has 0 rings (SSSR count). The normalized spacial score (nSPS) is 18.3. The minimum Gasteiger partial charge on any atom is -0.369 e. The van der Waals surface area contributed by atoms with Crippen LogP contribution in [0.15, 0.2) is 0 Å². The smallest absolute Gasteiger partial charge is 0.222 e. The number of carbonyl (C=O) groups excluding carboxylic acids is 1. The number of nitrogens with two attached hydrogens (primary N) is 1. The maximum atomic E-state index is 11.0. The molecule has 0 saturated heterocycles. The number of amides is 1. The van der Waals surface area contributed by atoms with Crippen LogP contribution in [-0.2, 0) is 4.79 Å². The Morgan fingerprint density at radius 1 is 1.50 bits per heavy atom. The number of carbonyl (C=O) groups is 1. The first kappa shape index (κ1) is 12.2. The molecule has 4 heteroatoms. The van der Waals surface area contributed by atoms with Gasteiger partial charge in [0.15, 0.2) is 0 Å². The fourth-order valence-electron chi connectivity index (χ4n) is 1.22. The van der Waals surface area contributed by atoms with Gasteiger partial charge < -0.3 is 5.73 Å². The standard InChI is InChI=1S/C8H17NOS2/c1-3-4-6(12)7(5(2)11)8(9)10/h5-7,11-12H,3-4H2,1-2H3,(H2,9,10). The van der Waals surface area contributed by atoms with Crippen molar-refractivity contribution in [1.29, 1.82) is 0 Å². The lowest BCUT2D eigenvalue weighted by molar-refractivity contribution is -0.121. The minimum atomic E-state index is -0.300. The molecule has 0 aliphatic carbocycles. The lowest BCUT2D eigenvalue weighted by Gasteiger charge is -2.22. The van der Waals surface area contributed by atoms with E-state index < -0.39 is 0 Å². The van der Waals surface area contributed by atoms with Crippen LogP contribution in [0.3, 0.4) is 0 Å². The van der Waals surface area contributed by atoms with Crippen molar-refractivity contribution in [2.75, 3.05) is 0 Å². The fourth-order valence-corrected chi connectivity index (χ4v) is 2.38. The Balaban J connectivity index is 4.19. The summed E-state index contributed by atoms with van der Waals surface area (Å²) in [5.74, 6) is -0.525. The summed E-state index contributed by atoms with van der Waals surface area (Å²) in [6.07, 6.45) is 1.92. The Kier molecular flexibility index (Phi) is 5.84. The predicted octanol–water partition coefficient (Wildman–Crippen LogP) is 1.50. The third-order valence-electron chi connectivity index (χ3n) is 1.85. The van der Waals surface area contributed by atoms with Gasteiger partial charge in [-0.15, -0.1) is 0 Å². The lowest BCUT2D eigenvalue weighted by Crippen LogP contribution is -2.36.